The van der Waals surface area contributed by atoms with Crippen LogP contribution in [0.5, 0.6) is 0 Å². The lowest BCUT2D eigenvalue weighted by Gasteiger charge is -2.13. The van der Waals surface area contributed by atoms with Crippen molar-refractivity contribution in [3.05, 3.63) is 35.5 Å². The van der Waals surface area contributed by atoms with Crippen molar-refractivity contribution in [3.8, 4) is 0 Å². The number of anilines is 1. The number of nitrogens with two attached hydrogens (primary N) is 1. The fraction of sp³-hybridized carbons (Fsp3) is 0.385. The van der Waals surface area contributed by atoms with Gasteiger partial charge in [-0.15, -0.1) is 0 Å². The van der Waals surface area contributed by atoms with E-state index in [1.165, 1.54) is 4.68 Å². The first-order chi connectivity index (χ1) is 8.99. The van der Waals surface area contributed by atoms with E-state index in [-0.39, 0.29) is 11.9 Å². The van der Waals surface area contributed by atoms with Gasteiger partial charge in [-0.05, 0) is 26.0 Å². The number of amides is 1. The molecule has 0 saturated heterocycles. The molecule has 1 amide bonds. The minimum atomic E-state index is -0.223. The number of hydrogen-bond donors (Lipinski definition) is 2. The van der Waals surface area contributed by atoms with Crippen LogP contribution in [0.1, 0.15) is 28.9 Å². The molecule has 0 saturated carbocycles. The molecule has 0 aliphatic carbocycles. The SMILES string of the molecule is Cc1nn(C)c(C(=O)NC(C)Cc2ccco2)c1N. The van der Waals surface area contributed by atoms with E-state index < -0.39 is 0 Å². The Morgan fingerprint density at radius 1 is 1.63 bits per heavy atom. The minimum absolute atomic E-state index is 0.0479. The maximum atomic E-state index is 12.2. The number of rotatable bonds is 4. The number of furan rings is 1. The molecule has 2 rings (SSSR count). The Morgan fingerprint density at radius 2 is 2.37 bits per heavy atom. The molecule has 102 valence electrons. The lowest BCUT2D eigenvalue weighted by molar-refractivity contribution is 0.0930. The zero-order valence-electron chi connectivity index (χ0n) is 11.3. The Bertz CT molecular complexity index is 572. The number of carbonyl (C=O) groups is 1. The fourth-order valence-electron chi connectivity index (χ4n) is 2.02. The van der Waals surface area contributed by atoms with Gasteiger partial charge in [0.15, 0.2) is 0 Å². The molecule has 0 fully saturated rings. The molecule has 0 aromatic carbocycles. The summed E-state index contributed by atoms with van der Waals surface area (Å²) in [6, 6.07) is 3.66. The summed E-state index contributed by atoms with van der Waals surface area (Å²) in [7, 11) is 1.70. The van der Waals surface area contributed by atoms with E-state index in [2.05, 4.69) is 10.4 Å². The molecule has 2 heterocycles. The van der Waals surface area contributed by atoms with Gasteiger partial charge in [0.1, 0.15) is 11.5 Å². The molecular weight excluding hydrogens is 244 g/mol. The first-order valence-electron chi connectivity index (χ1n) is 6.11. The van der Waals surface area contributed by atoms with Crippen molar-refractivity contribution in [2.75, 3.05) is 5.73 Å². The smallest absolute Gasteiger partial charge is 0.271 e. The second kappa shape index (κ2) is 5.17. The van der Waals surface area contributed by atoms with Crippen LogP contribution < -0.4 is 11.1 Å². The molecule has 0 radical (unpaired) electrons. The fourth-order valence-corrected chi connectivity index (χ4v) is 2.02. The van der Waals surface area contributed by atoms with Crippen LogP contribution in [0.15, 0.2) is 22.8 Å². The molecule has 2 aromatic heterocycles. The molecule has 3 N–H and O–H groups in total. The molecule has 0 aliphatic rings. The summed E-state index contributed by atoms with van der Waals surface area (Å²) >= 11 is 0. The molecule has 1 unspecified atom stereocenters. The molecule has 0 bridgehead atoms. The third kappa shape index (κ3) is 2.78. The number of nitrogen functional groups attached to an aromatic ring is 1. The first-order valence-corrected chi connectivity index (χ1v) is 6.11. The number of carbonyl (C=O) groups excluding carboxylic acids is 1. The lowest BCUT2D eigenvalue weighted by atomic mass is 10.2. The molecular formula is C13H18N4O2. The largest absolute Gasteiger partial charge is 0.469 e. The second-order valence-corrected chi connectivity index (χ2v) is 4.63. The molecule has 6 nitrogen and oxygen atoms in total. The van der Waals surface area contributed by atoms with E-state index in [0.717, 1.165) is 5.76 Å². The predicted molar refractivity (Wildman–Crippen MR) is 71.7 cm³/mol. The van der Waals surface area contributed by atoms with Crippen LogP contribution in [-0.2, 0) is 13.5 Å². The van der Waals surface area contributed by atoms with Gasteiger partial charge in [0, 0.05) is 19.5 Å². The van der Waals surface area contributed by atoms with Crippen molar-refractivity contribution in [1.82, 2.24) is 15.1 Å². The third-order valence-electron chi connectivity index (χ3n) is 2.95. The highest BCUT2D eigenvalue weighted by atomic mass is 16.3. The molecule has 19 heavy (non-hydrogen) atoms. The van der Waals surface area contributed by atoms with E-state index in [1.54, 1.807) is 20.2 Å². The average molecular weight is 262 g/mol. The Hall–Kier alpha value is -2.24. The van der Waals surface area contributed by atoms with Crippen LogP contribution in [0.25, 0.3) is 0 Å². The summed E-state index contributed by atoms with van der Waals surface area (Å²) in [5, 5.41) is 7.02. The van der Waals surface area contributed by atoms with Crippen molar-refractivity contribution in [1.29, 1.82) is 0 Å². The number of aromatic nitrogens is 2. The van der Waals surface area contributed by atoms with E-state index >= 15 is 0 Å². The predicted octanol–water partition coefficient (Wildman–Crippen LogP) is 1.26. The summed E-state index contributed by atoms with van der Waals surface area (Å²) in [5.74, 6) is 0.613. The average Bonchev–Trinajstić information content (AvgIpc) is 2.88. The highest BCUT2D eigenvalue weighted by molar-refractivity contribution is 5.98. The van der Waals surface area contributed by atoms with Crippen molar-refractivity contribution in [3.63, 3.8) is 0 Å². The minimum Gasteiger partial charge on any atom is -0.469 e. The summed E-state index contributed by atoms with van der Waals surface area (Å²) in [4.78, 5) is 12.2. The van der Waals surface area contributed by atoms with Crippen molar-refractivity contribution < 1.29 is 9.21 Å². The van der Waals surface area contributed by atoms with Gasteiger partial charge in [0.2, 0.25) is 0 Å². The Kier molecular flexibility index (Phi) is 3.59. The summed E-state index contributed by atoms with van der Waals surface area (Å²) in [5.41, 5.74) is 7.33. The van der Waals surface area contributed by atoms with Crippen LogP contribution in [0.2, 0.25) is 0 Å². The van der Waals surface area contributed by atoms with Crippen LogP contribution in [0, 0.1) is 6.92 Å². The molecule has 2 aromatic rings. The van der Waals surface area contributed by atoms with Gasteiger partial charge in [-0.25, -0.2) is 0 Å². The summed E-state index contributed by atoms with van der Waals surface area (Å²) < 4.78 is 6.75. The summed E-state index contributed by atoms with van der Waals surface area (Å²) in [6.07, 6.45) is 2.25. The van der Waals surface area contributed by atoms with E-state index in [1.807, 2.05) is 19.1 Å². The summed E-state index contributed by atoms with van der Waals surface area (Å²) in [6.45, 7) is 3.69. The molecule has 6 heteroatoms. The van der Waals surface area contributed by atoms with Crippen LogP contribution in [-0.4, -0.2) is 21.7 Å². The van der Waals surface area contributed by atoms with Gasteiger partial charge in [-0.1, -0.05) is 0 Å². The highest BCUT2D eigenvalue weighted by Crippen LogP contribution is 2.15. The van der Waals surface area contributed by atoms with Gasteiger partial charge in [0.05, 0.1) is 17.6 Å². The standard InChI is InChI=1S/C13H18N4O2/c1-8(7-10-5-4-6-19-10)15-13(18)12-11(14)9(2)16-17(12)3/h4-6,8H,7,14H2,1-3H3,(H,15,18). The van der Waals surface area contributed by atoms with Crippen molar-refractivity contribution >= 4 is 11.6 Å². The number of nitrogens with one attached hydrogen (secondary N) is 1. The Morgan fingerprint density at radius 3 is 2.89 bits per heavy atom. The van der Waals surface area contributed by atoms with Crippen LogP contribution >= 0.6 is 0 Å². The maximum absolute atomic E-state index is 12.2. The Labute approximate surface area is 111 Å². The molecule has 0 aliphatic heterocycles. The number of hydrogen-bond acceptors (Lipinski definition) is 4. The van der Waals surface area contributed by atoms with E-state index in [4.69, 9.17) is 10.2 Å². The first kappa shape index (κ1) is 13.2. The monoisotopic (exact) mass is 262 g/mol. The van der Waals surface area contributed by atoms with Crippen molar-refractivity contribution in [2.24, 2.45) is 7.05 Å². The van der Waals surface area contributed by atoms with E-state index in [9.17, 15) is 4.79 Å². The zero-order chi connectivity index (χ0) is 14.0. The highest BCUT2D eigenvalue weighted by Gasteiger charge is 2.19. The third-order valence-corrected chi connectivity index (χ3v) is 2.95. The van der Waals surface area contributed by atoms with Crippen LogP contribution in [0.3, 0.4) is 0 Å². The quantitative estimate of drug-likeness (QED) is 0.868. The zero-order valence-corrected chi connectivity index (χ0v) is 11.3. The number of aryl methyl sites for hydroxylation is 2. The van der Waals surface area contributed by atoms with Crippen LogP contribution in [0.4, 0.5) is 5.69 Å². The molecule has 0 spiro atoms. The number of nitrogens with zero attached hydrogens (tertiary/aromatic N) is 2. The van der Waals surface area contributed by atoms with Gasteiger partial charge < -0.3 is 15.5 Å². The Balaban J connectivity index is 2.04. The maximum Gasteiger partial charge on any atom is 0.271 e. The van der Waals surface area contributed by atoms with Gasteiger partial charge in [-0.3, -0.25) is 9.48 Å². The van der Waals surface area contributed by atoms with E-state index in [0.29, 0.717) is 23.5 Å². The normalized spacial score (nSPS) is 12.4. The van der Waals surface area contributed by atoms with Gasteiger partial charge in [-0.2, -0.15) is 5.10 Å². The van der Waals surface area contributed by atoms with Gasteiger partial charge >= 0.3 is 0 Å². The second-order valence-electron chi connectivity index (χ2n) is 4.63. The van der Waals surface area contributed by atoms with Crippen molar-refractivity contribution in [2.45, 2.75) is 26.3 Å². The topological polar surface area (TPSA) is 86.1 Å². The lowest BCUT2D eigenvalue weighted by Crippen LogP contribution is -2.35. The molecule has 1 atom stereocenters. The van der Waals surface area contributed by atoms with Gasteiger partial charge in [0.25, 0.3) is 5.91 Å².